The van der Waals surface area contributed by atoms with Gasteiger partial charge in [0.05, 0.1) is 5.69 Å². The van der Waals surface area contributed by atoms with E-state index >= 15 is 0 Å². The number of para-hydroxylation sites is 1. The van der Waals surface area contributed by atoms with Gasteiger partial charge in [0.2, 0.25) is 11.8 Å². The maximum atomic E-state index is 13.1. The van der Waals surface area contributed by atoms with Gasteiger partial charge < -0.3 is 5.32 Å². The molecule has 2 aromatic rings. The molecule has 2 aromatic carbocycles. The predicted octanol–water partition coefficient (Wildman–Crippen LogP) is 3.17. The minimum Gasteiger partial charge on any atom is -0.359 e. The van der Waals surface area contributed by atoms with Gasteiger partial charge in [0, 0.05) is 20.0 Å². The summed E-state index contributed by atoms with van der Waals surface area (Å²) in [7, 11) is 1.60. The summed E-state index contributed by atoms with van der Waals surface area (Å²) in [5.74, 6) is 0.237. The van der Waals surface area contributed by atoms with Crippen molar-refractivity contribution in [1.82, 2.24) is 10.2 Å². The van der Waals surface area contributed by atoms with E-state index in [1.165, 1.54) is 22.9 Å². The van der Waals surface area contributed by atoms with Crippen LogP contribution in [0.25, 0.3) is 0 Å². The molecule has 1 N–H and O–H groups in total. The zero-order valence-electron chi connectivity index (χ0n) is 15.8. The topological polar surface area (TPSA) is 61.8 Å². The monoisotopic (exact) mass is 393 g/mol. The minimum atomic E-state index is -0.411. The first kappa shape index (κ1) is 18.7. The Morgan fingerprint density at radius 1 is 1.11 bits per heavy atom. The third-order valence-electron chi connectivity index (χ3n) is 5.23. The van der Waals surface area contributed by atoms with Gasteiger partial charge in [-0.2, -0.15) is 0 Å². The lowest BCUT2D eigenvalue weighted by molar-refractivity contribution is -0.129. The zero-order valence-corrected chi connectivity index (χ0v) is 16.6. The lowest BCUT2D eigenvalue weighted by atomic mass is 10.1. The number of rotatable bonds is 5. The normalized spacial score (nSPS) is 20.6. The highest BCUT2D eigenvalue weighted by molar-refractivity contribution is 8.15. The Morgan fingerprint density at radius 3 is 2.39 bits per heavy atom. The largest absolute Gasteiger partial charge is 0.359 e. The number of nitrogens with zero attached hydrogens (tertiary/aromatic N) is 2. The van der Waals surface area contributed by atoms with Crippen LogP contribution in [0.15, 0.2) is 59.6 Å². The molecule has 1 aliphatic heterocycles. The van der Waals surface area contributed by atoms with E-state index in [2.05, 4.69) is 29.6 Å². The van der Waals surface area contributed by atoms with Crippen molar-refractivity contribution in [3.8, 4) is 0 Å². The fourth-order valence-electron chi connectivity index (χ4n) is 3.81. The number of hydrogen-bond acceptors (Lipinski definition) is 4. The third kappa shape index (κ3) is 3.97. The molecule has 1 aliphatic carbocycles. The molecule has 1 saturated heterocycles. The van der Waals surface area contributed by atoms with Gasteiger partial charge >= 0.3 is 0 Å². The molecular formula is C22H23N3O2S. The van der Waals surface area contributed by atoms with Crippen molar-refractivity contribution in [2.45, 2.75) is 24.5 Å². The number of hydrogen-bond donors (Lipinski definition) is 1. The van der Waals surface area contributed by atoms with Crippen molar-refractivity contribution in [1.29, 1.82) is 0 Å². The van der Waals surface area contributed by atoms with Crippen LogP contribution in [0.3, 0.4) is 0 Å². The Morgan fingerprint density at radius 2 is 1.75 bits per heavy atom. The van der Waals surface area contributed by atoms with E-state index < -0.39 is 5.25 Å². The number of amides is 2. The average Bonchev–Trinajstić information content (AvgIpc) is 3.25. The van der Waals surface area contributed by atoms with Crippen LogP contribution in [0.4, 0.5) is 5.69 Å². The highest BCUT2D eigenvalue weighted by Gasteiger charge is 2.40. The second-order valence-corrected chi connectivity index (χ2v) is 8.38. The Balaban J connectivity index is 1.55. The van der Waals surface area contributed by atoms with E-state index in [9.17, 15) is 9.59 Å². The molecule has 0 spiro atoms. The number of amidine groups is 1. The van der Waals surface area contributed by atoms with Gasteiger partial charge in [0.15, 0.2) is 5.17 Å². The van der Waals surface area contributed by atoms with E-state index in [1.807, 2.05) is 30.3 Å². The smallest absolute Gasteiger partial charge is 0.242 e. The highest BCUT2D eigenvalue weighted by atomic mass is 32.2. The van der Waals surface area contributed by atoms with Crippen LogP contribution in [-0.4, -0.2) is 40.7 Å². The molecule has 2 aliphatic rings. The molecule has 5 nitrogen and oxygen atoms in total. The van der Waals surface area contributed by atoms with Crippen molar-refractivity contribution in [2.24, 2.45) is 10.9 Å². The summed E-state index contributed by atoms with van der Waals surface area (Å²) in [6, 6.07) is 18.1. The Bertz CT molecular complexity index is 888. The van der Waals surface area contributed by atoms with Crippen molar-refractivity contribution < 1.29 is 9.59 Å². The summed E-state index contributed by atoms with van der Waals surface area (Å²) in [6.07, 6.45) is 2.13. The van der Waals surface area contributed by atoms with Crippen molar-refractivity contribution in [3.63, 3.8) is 0 Å². The molecule has 28 heavy (non-hydrogen) atoms. The molecule has 0 saturated carbocycles. The van der Waals surface area contributed by atoms with Crippen LogP contribution < -0.4 is 5.32 Å². The molecule has 0 bridgehead atoms. The van der Waals surface area contributed by atoms with Crippen molar-refractivity contribution >= 4 is 34.4 Å². The summed E-state index contributed by atoms with van der Waals surface area (Å²) in [6.45, 7) is 0.635. The minimum absolute atomic E-state index is 0.0146. The molecule has 144 valence electrons. The number of thioether (sulfide) groups is 1. The lowest BCUT2D eigenvalue weighted by Crippen LogP contribution is -2.37. The number of benzene rings is 2. The van der Waals surface area contributed by atoms with Crippen LogP contribution in [-0.2, 0) is 22.4 Å². The molecule has 2 amide bonds. The molecule has 1 unspecified atom stereocenters. The molecule has 6 heteroatoms. The first-order valence-corrected chi connectivity index (χ1v) is 10.4. The molecule has 1 heterocycles. The number of nitrogens with one attached hydrogen (secondary N) is 1. The van der Waals surface area contributed by atoms with E-state index in [4.69, 9.17) is 4.99 Å². The van der Waals surface area contributed by atoms with Gasteiger partial charge in [0.25, 0.3) is 0 Å². The summed E-state index contributed by atoms with van der Waals surface area (Å²) in [5, 5.41) is 2.90. The molecule has 1 fully saturated rings. The van der Waals surface area contributed by atoms with Crippen LogP contribution in [0, 0.1) is 5.92 Å². The standard InChI is InChI=1S/C22H23N3O2S/c1-23-20(26)13-19-21(27)25(22(28-19)24-18-9-3-2-4-10-18)14-15-11-16-7-5-6-8-17(16)12-15/h2-10,15,19H,11-14H2,1H3,(H,23,26). The van der Waals surface area contributed by atoms with Gasteiger partial charge in [-0.25, -0.2) is 4.99 Å². The van der Waals surface area contributed by atoms with Crippen LogP contribution in [0.1, 0.15) is 17.5 Å². The second-order valence-electron chi connectivity index (χ2n) is 7.21. The number of aliphatic imine (C=N–C) groups is 1. The average molecular weight is 394 g/mol. The predicted molar refractivity (Wildman–Crippen MR) is 113 cm³/mol. The van der Waals surface area contributed by atoms with Crippen LogP contribution >= 0.6 is 11.8 Å². The first-order chi connectivity index (χ1) is 13.6. The maximum absolute atomic E-state index is 13.1. The van der Waals surface area contributed by atoms with Gasteiger partial charge in [-0.05, 0) is 42.0 Å². The van der Waals surface area contributed by atoms with Crippen molar-refractivity contribution in [3.05, 3.63) is 65.7 Å². The Kier molecular flexibility index (Phi) is 5.48. The Hall–Kier alpha value is -2.60. The molecule has 0 aromatic heterocycles. The van der Waals surface area contributed by atoms with Crippen molar-refractivity contribution in [2.75, 3.05) is 13.6 Å². The van der Waals surface area contributed by atoms with Crippen LogP contribution in [0.5, 0.6) is 0 Å². The number of carbonyl (C=O) groups excluding carboxylic acids is 2. The number of carbonyl (C=O) groups is 2. The van der Waals surface area contributed by atoms with E-state index in [0.717, 1.165) is 18.5 Å². The van der Waals surface area contributed by atoms with Gasteiger partial charge in [0.1, 0.15) is 5.25 Å². The molecule has 4 rings (SSSR count). The fraction of sp³-hybridized carbons (Fsp3) is 0.318. The summed E-state index contributed by atoms with van der Waals surface area (Å²) >= 11 is 1.40. The lowest BCUT2D eigenvalue weighted by Gasteiger charge is -2.20. The van der Waals surface area contributed by atoms with Gasteiger partial charge in [-0.1, -0.05) is 54.2 Å². The quantitative estimate of drug-likeness (QED) is 0.849. The number of fused-ring (bicyclic) bond motifs is 1. The second kappa shape index (κ2) is 8.19. The SMILES string of the molecule is CNC(=O)CC1SC(=Nc2ccccc2)N(CC2Cc3ccccc3C2)C1=O. The molecule has 1 atom stereocenters. The summed E-state index contributed by atoms with van der Waals surface area (Å²) < 4.78 is 0. The van der Waals surface area contributed by atoms with Gasteiger partial charge in [-0.3, -0.25) is 14.5 Å². The highest BCUT2D eigenvalue weighted by Crippen LogP contribution is 2.34. The first-order valence-electron chi connectivity index (χ1n) is 9.53. The van der Waals surface area contributed by atoms with Gasteiger partial charge in [-0.15, -0.1) is 0 Å². The van der Waals surface area contributed by atoms with E-state index in [1.54, 1.807) is 11.9 Å². The van der Waals surface area contributed by atoms with E-state index in [0.29, 0.717) is 17.6 Å². The Labute approximate surface area is 169 Å². The summed E-state index contributed by atoms with van der Waals surface area (Å²) in [5.41, 5.74) is 3.56. The maximum Gasteiger partial charge on any atom is 0.242 e. The summed E-state index contributed by atoms with van der Waals surface area (Å²) in [4.78, 5) is 31.4. The molecule has 0 radical (unpaired) electrons. The molecular weight excluding hydrogens is 370 g/mol. The van der Waals surface area contributed by atoms with Crippen LogP contribution in [0.2, 0.25) is 0 Å². The fourth-order valence-corrected chi connectivity index (χ4v) is 4.98. The van der Waals surface area contributed by atoms with E-state index in [-0.39, 0.29) is 18.2 Å². The zero-order chi connectivity index (χ0) is 19.5. The third-order valence-corrected chi connectivity index (χ3v) is 6.40.